The fraction of sp³-hybridized carbons (Fsp3) is 0.500. The number of hydrogen-bond donors (Lipinski definition) is 2. The van der Waals surface area contributed by atoms with Gasteiger partial charge in [-0.2, -0.15) is 0 Å². The number of rotatable bonds is 4. The van der Waals surface area contributed by atoms with Gasteiger partial charge in [-0.25, -0.2) is 0 Å². The van der Waals surface area contributed by atoms with E-state index in [4.69, 9.17) is 10.8 Å². The van der Waals surface area contributed by atoms with Gasteiger partial charge in [0.25, 0.3) is 0 Å². The molecule has 22 heavy (non-hydrogen) atoms. The predicted octanol–water partition coefficient (Wildman–Crippen LogP) is 2.25. The third-order valence-electron chi connectivity index (χ3n) is 4.86. The topological polar surface area (TPSA) is 62.4 Å². The number of aromatic nitrogens is 1. The molecule has 0 amide bonds. The standard InChI is InChI=1S/C18H25N3O/c1-2-13-11-20-12-15-4-3-5-16(18(13)15)14-6-7-21(8-9-22)17(19)10-14/h3-5,11-12,14,17,22H,2,6-10,19H2,1H3. The van der Waals surface area contributed by atoms with Gasteiger partial charge in [-0.3, -0.25) is 9.88 Å². The van der Waals surface area contributed by atoms with Gasteiger partial charge in [-0.15, -0.1) is 0 Å². The van der Waals surface area contributed by atoms with Crippen LogP contribution >= 0.6 is 0 Å². The molecule has 1 aliphatic heterocycles. The van der Waals surface area contributed by atoms with Gasteiger partial charge in [-0.1, -0.05) is 25.1 Å². The highest BCUT2D eigenvalue weighted by atomic mass is 16.3. The summed E-state index contributed by atoms with van der Waals surface area (Å²) in [5, 5.41) is 11.7. The van der Waals surface area contributed by atoms with Gasteiger partial charge in [0, 0.05) is 30.9 Å². The first-order valence-corrected chi connectivity index (χ1v) is 8.20. The van der Waals surface area contributed by atoms with E-state index in [1.165, 1.54) is 21.9 Å². The predicted molar refractivity (Wildman–Crippen MR) is 89.7 cm³/mol. The smallest absolute Gasteiger partial charge is 0.0578 e. The Morgan fingerprint density at radius 3 is 2.95 bits per heavy atom. The molecule has 1 fully saturated rings. The second kappa shape index (κ2) is 6.73. The Labute approximate surface area is 132 Å². The quantitative estimate of drug-likeness (QED) is 0.909. The van der Waals surface area contributed by atoms with E-state index in [9.17, 15) is 0 Å². The Morgan fingerprint density at radius 2 is 2.23 bits per heavy atom. The van der Waals surface area contributed by atoms with Crippen molar-refractivity contribution in [3.63, 3.8) is 0 Å². The average Bonchev–Trinajstić information content (AvgIpc) is 2.55. The molecule has 0 radical (unpaired) electrons. The highest BCUT2D eigenvalue weighted by Crippen LogP contribution is 2.35. The van der Waals surface area contributed by atoms with Crippen molar-refractivity contribution >= 4 is 10.8 Å². The van der Waals surface area contributed by atoms with Crippen LogP contribution in [0.15, 0.2) is 30.6 Å². The van der Waals surface area contributed by atoms with Crippen molar-refractivity contribution in [2.24, 2.45) is 5.73 Å². The number of aliphatic hydroxyl groups is 1. The highest BCUT2D eigenvalue weighted by molar-refractivity contribution is 5.88. The molecule has 0 bridgehead atoms. The third-order valence-corrected chi connectivity index (χ3v) is 4.86. The monoisotopic (exact) mass is 299 g/mol. The summed E-state index contributed by atoms with van der Waals surface area (Å²) in [4.78, 5) is 6.54. The number of benzene rings is 1. The van der Waals surface area contributed by atoms with Gasteiger partial charge in [0.1, 0.15) is 0 Å². The zero-order chi connectivity index (χ0) is 15.5. The van der Waals surface area contributed by atoms with Gasteiger partial charge < -0.3 is 10.8 Å². The third kappa shape index (κ3) is 2.86. The van der Waals surface area contributed by atoms with E-state index in [1.54, 1.807) is 0 Å². The van der Waals surface area contributed by atoms with Crippen molar-refractivity contribution in [2.75, 3.05) is 19.7 Å². The molecule has 4 heteroatoms. The molecule has 118 valence electrons. The zero-order valence-corrected chi connectivity index (χ0v) is 13.2. The molecular weight excluding hydrogens is 274 g/mol. The van der Waals surface area contributed by atoms with Crippen LogP contribution in [0.5, 0.6) is 0 Å². The van der Waals surface area contributed by atoms with Crippen molar-refractivity contribution < 1.29 is 5.11 Å². The summed E-state index contributed by atoms with van der Waals surface area (Å²) in [5.74, 6) is 0.487. The molecule has 2 heterocycles. The van der Waals surface area contributed by atoms with Crippen LogP contribution in [0.4, 0.5) is 0 Å². The first kappa shape index (κ1) is 15.4. The van der Waals surface area contributed by atoms with Crippen LogP contribution in [0.3, 0.4) is 0 Å². The minimum absolute atomic E-state index is 0.0352. The highest BCUT2D eigenvalue weighted by Gasteiger charge is 2.27. The molecule has 2 unspecified atom stereocenters. The molecule has 1 aliphatic rings. The summed E-state index contributed by atoms with van der Waals surface area (Å²) in [7, 11) is 0. The van der Waals surface area contributed by atoms with Crippen molar-refractivity contribution in [3.05, 3.63) is 41.7 Å². The maximum atomic E-state index is 9.12. The van der Waals surface area contributed by atoms with E-state index < -0.39 is 0 Å². The van der Waals surface area contributed by atoms with Crippen LogP contribution in [0.25, 0.3) is 10.8 Å². The fourth-order valence-electron chi connectivity index (χ4n) is 3.68. The number of piperidine rings is 1. The Morgan fingerprint density at radius 1 is 1.36 bits per heavy atom. The largest absolute Gasteiger partial charge is 0.395 e. The molecular formula is C18H25N3O. The lowest BCUT2D eigenvalue weighted by Crippen LogP contribution is -2.48. The molecule has 2 atom stereocenters. The molecule has 3 N–H and O–H groups in total. The van der Waals surface area contributed by atoms with Crippen LogP contribution in [-0.4, -0.2) is 40.9 Å². The van der Waals surface area contributed by atoms with Crippen molar-refractivity contribution in [2.45, 2.75) is 38.3 Å². The van der Waals surface area contributed by atoms with E-state index in [0.29, 0.717) is 12.5 Å². The number of nitrogens with zero attached hydrogens (tertiary/aromatic N) is 2. The van der Waals surface area contributed by atoms with Crippen LogP contribution < -0.4 is 5.73 Å². The lowest BCUT2D eigenvalue weighted by atomic mass is 9.84. The maximum absolute atomic E-state index is 9.12. The average molecular weight is 299 g/mol. The summed E-state index contributed by atoms with van der Waals surface area (Å²) < 4.78 is 0. The maximum Gasteiger partial charge on any atom is 0.0578 e. The lowest BCUT2D eigenvalue weighted by Gasteiger charge is -2.37. The normalized spacial score (nSPS) is 23.0. The van der Waals surface area contributed by atoms with Gasteiger partial charge in [-0.05, 0) is 41.7 Å². The van der Waals surface area contributed by atoms with Gasteiger partial charge in [0.05, 0.1) is 12.8 Å². The van der Waals surface area contributed by atoms with Gasteiger partial charge in [0.15, 0.2) is 0 Å². The van der Waals surface area contributed by atoms with Crippen LogP contribution in [0.1, 0.15) is 36.8 Å². The van der Waals surface area contributed by atoms with E-state index in [-0.39, 0.29) is 12.8 Å². The molecule has 4 nitrogen and oxygen atoms in total. The fourth-order valence-corrected chi connectivity index (χ4v) is 3.68. The summed E-state index contributed by atoms with van der Waals surface area (Å²) in [6, 6.07) is 6.52. The summed E-state index contributed by atoms with van der Waals surface area (Å²) in [5.41, 5.74) is 9.04. The Hall–Kier alpha value is -1.49. The lowest BCUT2D eigenvalue weighted by molar-refractivity contribution is 0.110. The minimum Gasteiger partial charge on any atom is -0.395 e. The first-order valence-electron chi connectivity index (χ1n) is 8.20. The second-order valence-corrected chi connectivity index (χ2v) is 6.15. The molecule has 0 spiro atoms. The molecule has 1 aromatic heterocycles. The Balaban J connectivity index is 1.94. The Kier molecular flexibility index (Phi) is 4.71. The van der Waals surface area contributed by atoms with E-state index in [2.05, 4.69) is 35.0 Å². The SMILES string of the molecule is CCc1cncc2cccc(C3CCN(CCO)C(N)C3)c12. The number of fused-ring (bicyclic) bond motifs is 1. The minimum atomic E-state index is 0.0352. The number of aryl methyl sites for hydroxylation is 1. The summed E-state index contributed by atoms with van der Waals surface area (Å²) in [6.07, 6.45) is 7.03. The van der Waals surface area contributed by atoms with E-state index in [0.717, 1.165) is 25.8 Å². The number of hydrogen-bond acceptors (Lipinski definition) is 4. The number of nitrogens with two attached hydrogens (primary N) is 1. The Bertz CT molecular complexity index is 638. The van der Waals surface area contributed by atoms with E-state index in [1.807, 2.05) is 12.4 Å². The zero-order valence-electron chi connectivity index (χ0n) is 13.2. The summed E-state index contributed by atoms with van der Waals surface area (Å²) in [6.45, 7) is 3.99. The molecule has 1 saturated heterocycles. The van der Waals surface area contributed by atoms with Gasteiger partial charge >= 0.3 is 0 Å². The number of pyridine rings is 1. The van der Waals surface area contributed by atoms with Crippen molar-refractivity contribution in [1.82, 2.24) is 9.88 Å². The molecule has 0 aliphatic carbocycles. The summed E-state index contributed by atoms with van der Waals surface area (Å²) >= 11 is 0. The van der Waals surface area contributed by atoms with Crippen molar-refractivity contribution in [1.29, 1.82) is 0 Å². The van der Waals surface area contributed by atoms with Crippen LogP contribution in [0.2, 0.25) is 0 Å². The molecule has 2 aromatic rings. The second-order valence-electron chi connectivity index (χ2n) is 6.15. The van der Waals surface area contributed by atoms with E-state index >= 15 is 0 Å². The van der Waals surface area contributed by atoms with Crippen molar-refractivity contribution in [3.8, 4) is 0 Å². The number of aliphatic hydroxyl groups excluding tert-OH is 1. The molecule has 3 rings (SSSR count). The molecule has 1 aromatic carbocycles. The number of likely N-dealkylation sites (tertiary alicyclic amines) is 1. The number of β-amino-alcohol motifs (C(OH)–C–C–N with tert-alkyl or cyclic N) is 1. The first-order chi connectivity index (χ1) is 10.7. The molecule has 0 saturated carbocycles. The van der Waals surface area contributed by atoms with Crippen LogP contribution in [-0.2, 0) is 6.42 Å². The van der Waals surface area contributed by atoms with Gasteiger partial charge in [0.2, 0.25) is 0 Å². The van der Waals surface area contributed by atoms with Crippen LogP contribution in [0, 0.1) is 0 Å².